The molecule has 0 spiro atoms. The van der Waals surface area contributed by atoms with Crippen LogP contribution >= 0.6 is 0 Å². The van der Waals surface area contributed by atoms with Gasteiger partial charge in [0.25, 0.3) is 0 Å². The van der Waals surface area contributed by atoms with E-state index in [1.165, 1.54) is 12.1 Å². The third-order valence-electron chi connectivity index (χ3n) is 3.38. The molecule has 0 radical (unpaired) electrons. The van der Waals surface area contributed by atoms with Gasteiger partial charge in [-0.2, -0.15) is 0 Å². The number of piperidine rings is 1. The molecule has 1 fully saturated rings. The van der Waals surface area contributed by atoms with Gasteiger partial charge in [-0.3, -0.25) is 4.79 Å². The Hall–Kier alpha value is -1.42. The maximum Gasteiger partial charge on any atom is 0.224 e. The van der Waals surface area contributed by atoms with Gasteiger partial charge in [-0.25, -0.2) is 4.39 Å². The fourth-order valence-electron chi connectivity index (χ4n) is 2.27. The van der Waals surface area contributed by atoms with E-state index in [2.05, 4.69) is 10.6 Å². The van der Waals surface area contributed by atoms with Crippen LogP contribution < -0.4 is 10.6 Å². The minimum absolute atomic E-state index is 0.0368. The zero-order valence-corrected chi connectivity index (χ0v) is 10.6. The van der Waals surface area contributed by atoms with Gasteiger partial charge >= 0.3 is 0 Å². The third kappa shape index (κ3) is 3.29. The van der Waals surface area contributed by atoms with Gasteiger partial charge in [0.1, 0.15) is 5.82 Å². The van der Waals surface area contributed by atoms with Gasteiger partial charge in [0, 0.05) is 6.54 Å². The Morgan fingerprint density at radius 2 is 2.39 bits per heavy atom. The summed E-state index contributed by atoms with van der Waals surface area (Å²) in [7, 11) is 0. The number of rotatable bonds is 3. The number of amides is 1. The first-order valence-electron chi connectivity index (χ1n) is 6.43. The molecule has 1 unspecified atom stereocenters. The number of halogens is 1. The molecule has 18 heavy (non-hydrogen) atoms. The van der Waals surface area contributed by atoms with Gasteiger partial charge in [-0.05, 0) is 44.0 Å². The van der Waals surface area contributed by atoms with Gasteiger partial charge in [0.05, 0.1) is 12.0 Å². The van der Waals surface area contributed by atoms with Crippen molar-refractivity contribution in [3.05, 3.63) is 35.6 Å². The van der Waals surface area contributed by atoms with E-state index in [1.54, 1.807) is 6.07 Å². The predicted molar refractivity (Wildman–Crippen MR) is 68.6 cm³/mol. The molecule has 1 aromatic rings. The van der Waals surface area contributed by atoms with E-state index in [1.807, 2.05) is 13.0 Å². The van der Waals surface area contributed by atoms with Gasteiger partial charge in [-0.15, -0.1) is 0 Å². The molecule has 4 heteroatoms. The number of hydrogen-bond acceptors (Lipinski definition) is 2. The Morgan fingerprint density at radius 3 is 3.06 bits per heavy atom. The summed E-state index contributed by atoms with van der Waals surface area (Å²) in [4.78, 5) is 12.0. The summed E-state index contributed by atoms with van der Waals surface area (Å²) in [5.41, 5.74) is 0.798. The molecule has 0 bridgehead atoms. The van der Waals surface area contributed by atoms with E-state index in [9.17, 15) is 9.18 Å². The molecular weight excluding hydrogens is 231 g/mol. The maximum atomic E-state index is 13.1. The van der Waals surface area contributed by atoms with Crippen LogP contribution in [0.5, 0.6) is 0 Å². The third-order valence-corrected chi connectivity index (χ3v) is 3.38. The number of nitrogens with one attached hydrogen (secondary N) is 2. The maximum absolute atomic E-state index is 13.1. The topological polar surface area (TPSA) is 41.1 Å². The van der Waals surface area contributed by atoms with E-state index >= 15 is 0 Å². The Morgan fingerprint density at radius 1 is 1.56 bits per heavy atom. The first kappa shape index (κ1) is 13.0. The van der Waals surface area contributed by atoms with Crippen molar-refractivity contribution in [1.29, 1.82) is 0 Å². The summed E-state index contributed by atoms with van der Waals surface area (Å²) in [6, 6.07) is 6.20. The standard InChI is InChI=1S/C14H19FN2O/c1-10(11-4-2-6-13(15)8-11)17-14(18)12-5-3-7-16-9-12/h2,4,6,8,10,12,16H,3,5,7,9H2,1H3,(H,17,18)/t10?,12-/m0/s1. The van der Waals surface area contributed by atoms with Gasteiger partial charge in [0.2, 0.25) is 5.91 Å². The number of benzene rings is 1. The highest BCUT2D eigenvalue weighted by atomic mass is 19.1. The largest absolute Gasteiger partial charge is 0.349 e. The van der Waals surface area contributed by atoms with E-state index in [0.717, 1.165) is 31.5 Å². The summed E-state index contributed by atoms with van der Waals surface area (Å²) < 4.78 is 13.1. The first-order chi connectivity index (χ1) is 8.66. The zero-order chi connectivity index (χ0) is 13.0. The van der Waals surface area contributed by atoms with Gasteiger partial charge in [-0.1, -0.05) is 12.1 Å². The highest BCUT2D eigenvalue weighted by Gasteiger charge is 2.22. The Labute approximate surface area is 107 Å². The van der Waals surface area contributed by atoms with Crippen molar-refractivity contribution >= 4 is 5.91 Å². The molecule has 98 valence electrons. The summed E-state index contributed by atoms with van der Waals surface area (Å²) in [6.45, 7) is 3.61. The lowest BCUT2D eigenvalue weighted by atomic mass is 9.98. The van der Waals surface area contributed by atoms with Crippen molar-refractivity contribution in [3.8, 4) is 0 Å². The smallest absolute Gasteiger partial charge is 0.224 e. The second kappa shape index (κ2) is 5.96. The fourth-order valence-corrected chi connectivity index (χ4v) is 2.27. The zero-order valence-electron chi connectivity index (χ0n) is 10.6. The fraction of sp³-hybridized carbons (Fsp3) is 0.500. The second-order valence-electron chi connectivity index (χ2n) is 4.83. The average Bonchev–Trinajstić information content (AvgIpc) is 2.39. The Kier molecular flexibility index (Phi) is 4.31. The molecule has 0 aromatic heterocycles. The second-order valence-corrected chi connectivity index (χ2v) is 4.83. The lowest BCUT2D eigenvalue weighted by Crippen LogP contribution is -2.41. The van der Waals surface area contributed by atoms with E-state index in [-0.39, 0.29) is 23.7 Å². The molecule has 1 amide bonds. The molecule has 1 aliphatic heterocycles. The van der Waals surface area contributed by atoms with E-state index in [4.69, 9.17) is 0 Å². The molecule has 1 heterocycles. The van der Waals surface area contributed by atoms with Crippen molar-refractivity contribution in [2.75, 3.05) is 13.1 Å². The van der Waals surface area contributed by atoms with Gasteiger partial charge < -0.3 is 10.6 Å². The molecule has 2 atom stereocenters. The van der Waals surface area contributed by atoms with Crippen molar-refractivity contribution in [2.45, 2.75) is 25.8 Å². The first-order valence-corrected chi connectivity index (χ1v) is 6.43. The lowest BCUT2D eigenvalue weighted by molar-refractivity contribution is -0.126. The van der Waals surface area contributed by atoms with Crippen LogP contribution in [0.15, 0.2) is 24.3 Å². The van der Waals surface area contributed by atoms with Crippen molar-refractivity contribution in [3.63, 3.8) is 0 Å². The highest BCUT2D eigenvalue weighted by Crippen LogP contribution is 2.16. The van der Waals surface area contributed by atoms with Crippen LogP contribution in [-0.2, 0) is 4.79 Å². The molecule has 3 nitrogen and oxygen atoms in total. The Bertz CT molecular complexity index is 416. The molecule has 0 saturated carbocycles. The molecule has 2 N–H and O–H groups in total. The normalized spacial score (nSPS) is 21.3. The molecule has 1 aliphatic rings. The monoisotopic (exact) mass is 250 g/mol. The number of carbonyl (C=O) groups excluding carboxylic acids is 1. The van der Waals surface area contributed by atoms with Crippen LogP contribution in [0.1, 0.15) is 31.4 Å². The van der Waals surface area contributed by atoms with Crippen LogP contribution in [0.2, 0.25) is 0 Å². The van der Waals surface area contributed by atoms with Crippen molar-refractivity contribution in [1.82, 2.24) is 10.6 Å². The van der Waals surface area contributed by atoms with Crippen LogP contribution in [0, 0.1) is 11.7 Å². The molecular formula is C14H19FN2O. The van der Waals surface area contributed by atoms with E-state index in [0.29, 0.717) is 0 Å². The molecule has 1 saturated heterocycles. The van der Waals surface area contributed by atoms with E-state index < -0.39 is 0 Å². The predicted octanol–water partition coefficient (Wildman–Crippen LogP) is 2.00. The van der Waals surface area contributed by atoms with Crippen LogP contribution in [0.3, 0.4) is 0 Å². The van der Waals surface area contributed by atoms with Crippen molar-refractivity contribution in [2.24, 2.45) is 5.92 Å². The van der Waals surface area contributed by atoms with Crippen molar-refractivity contribution < 1.29 is 9.18 Å². The summed E-state index contributed by atoms with van der Waals surface area (Å²) >= 11 is 0. The highest BCUT2D eigenvalue weighted by molar-refractivity contribution is 5.79. The lowest BCUT2D eigenvalue weighted by Gasteiger charge is -2.24. The Balaban J connectivity index is 1.94. The number of hydrogen-bond donors (Lipinski definition) is 2. The minimum Gasteiger partial charge on any atom is -0.349 e. The van der Waals surface area contributed by atoms with Gasteiger partial charge in [0.15, 0.2) is 0 Å². The van der Waals surface area contributed by atoms with Crippen LogP contribution in [0.4, 0.5) is 4.39 Å². The van der Waals surface area contributed by atoms with Crippen LogP contribution in [-0.4, -0.2) is 19.0 Å². The summed E-state index contributed by atoms with van der Waals surface area (Å²) in [5, 5.41) is 6.16. The molecule has 1 aromatic carbocycles. The minimum atomic E-state index is -0.270. The number of carbonyl (C=O) groups is 1. The molecule has 2 rings (SSSR count). The SMILES string of the molecule is CC(NC(=O)[C@H]1CCCNC1)c1cccc(F)c1. The summed E-state index contributed by atoms with van der Waals surface area (Å²) in [5.74, 6) is -0.179. The summed E-state index contributed by atoms with van der Waals surface area (Å²) in [6.07, 6.45) is 1.96. The average molecular weight is 250 g/mol. The molecule has 0 aliphatic carbocycles. The van der Waals surface area contributed by atoms with Crippen LogP contribution in [0.25, 0.3) is 0 Å². The quantitative estimate of drug-likeness (QED) is 0.861.